The lowest BCUT2D eigenvalue weighted by atomic mass is 10.1. The highest BCUT2D eigenvalue weighted by Crippen LogP contribution is 2.20. The van der Waals surface area contributed by atoms with Gasteiger partial charge in [0.05, 0.1) is 0 Å². The van der Waals surface area contributed by atoms with E-state index in [1.165, 1.54) is 4.90 Å². The van der Waals surface area contributed by atoms with Crippen molar-refractivity contribution in [2.75, 3.05) is 6.54 Å². The van der Waals surface area contributed by atoms with Crippen molar-refractivity contribution in [1.29, 1.82) is 0 Å². The number of rotatable bonds is 3. The Morgan fingerprint density at radius 1 is 1.29 bits per heavy atom. The number of alkyl halides is 1. The molecule has 0 N–H and O–H groups in total. The molecule has 3 nitrogen and oxygen atoms in total. The third-order valence-corrected chi connectivity index (χ3v) is 3.69. The fourth-order valence-electron chi connectivity index (χ4n) is 1.77. The highest BCUT2D eigenvalue weighted by Gasteiger charge is 2.36. The molecule has 1 unspecified atom stereocenters. The molecular formula is C12H11BrClNO2. The molecule has 0 aromatic heterocycles. The number of imide groups is 1. The third kappa shape index (κ3) is 2.87. The van der Waals surface area contributed by atoms with Crippen molar-refractivity contribution in [1.82, 2.24) is 4.90 Å². The summed E-state index contributed by atoms with van der Waals surface area (Å²) in [5.41, 5.74) is 1.06. The Kier molecular flexibility index (Phi) is 3.84. The summed E-state index contributed by atoms with van der Waals surface area (Å²) in [7, 11) is 0. The van der Waals surface area contributed by atoms with Crippen LogP contribution in [0, 0.1) is 0 Å². The molecule has 1 aliphatic rings. The van der Waals surface area contributed by atoms with Gasteiger partial charge in [-0.3, -0.25) is 14.5 Å². The van der Waals surface area contributed by atoms with E-state index in [2.05, 4.69) is 15.9 Å². The molecule has 90 valence electrons. The van der Waals surface area contributed by atoms with E-state index in [0.29, 0.717) is 18.0 Å². The largest absolute Gasteiger partial charge is 0.281 e. The smallest absolute Gasteiger partial charge is 0.243 e. The molecule has 17 heavy (non-hydrogen) atoms. The normalized spacial score (nSPS) is 20.1. The molecule has 1 atom stereocenters. The fraction of sp³-hybridized carbons (Fsp3) is 0.333. The Morgan fingerprint density at radius 2 is 1.94 bits per heavy atom. The van der Waals surface area contributed by atoms with Crippen molar-refractivity contribution >= 4 is 39.3 Å². The SMILES string of the molecule is O=C1CC(Br)C(=O)N1CCc1ccc(Cl)cc1. The van der Waals surface area contributed by atoms with Gasteiger partial charge < -0.3 is 0 Å². The van der Waals surface area contributed by atoms with E-state index < -0.39 is 0 Å². The van der Waals surface area contributed by atoms with Gasteiger partial charge in [-0.15, -0.1) is 0 Å². The highest BCUT2D eigenvalue weighted by molar-refractivity contribution is 9.10. The van der Waals surface area contributed by atoms with E-state index in [1.54, 1.807) is 12.1 Å². The lowest BCUT2D eigenvalue weighted by Crippen LogP contribution is -2.32. The molecule has 1 heterocycles. The number of halogens is 2. The lowest BCUT2D eigenvalue weighted by Gasteiger charge is -2.13. The maximum Gasteiger partial charge on any atom is 0.243 e. The van der Waals surface area contributed by atoms with Crippen LogP contribution < -0.4 is 0 Å². The van der Waals surface area contributed by atoms with Crippen LogP contribution in [0.25, 0.3) is 0 Å². The Bertz CT molecular complexity index is 446. The zero-order valence-electron chi connectivity index (χ0n) is 9.03. The van der Waals surface area contributed by atoms with Crippen LogP contribution in [0.4, 0.5) is 0 Å². The molecule has 5 heteroatoms. The Balaban J connectivity index is 1.96. The van der Waals surface area contributed by atoms with Crippen LogP contribution in [-0.2, 0) is 16.0 Å². The monoisotopic (exact) mass is 315 g/mol. The van der Waals surface area contributed by atoms with E-state index in [1.807, 2.05) is 12.1 Å². The number of carbonyl (C=O) groups excluding carboxylic acids is 2. The number of carbonyl (C=O) groups is 2. The molecule has 2 rings (SSSR count). The minimum Gasteiger partial charge on any atom is -0.281 e. The summed E-state index contributed by atoms with van der Waals surface area (Å²) in [5, 5.41) is 0.683. The molecule has 0 aliphatic carbocycles. The summed E-state index contributed by atoms with van der Waals surface area (Å²) in [6.45, 7) is 0.432. The molecule has 2 amide bonds. The predicted molar refractivity (Wildman–Crippen MR) is 69.2 cm³/mol. The van der Waals surface area contributed by atoms with Crippen molar-refractivity contribution < 1.29 is 9.59 Å². The minimum atomic E-state index is -0.347. The molecule has 0 radical (unpaired) electrons. The maximum absolute atomic E-state index is 11.6. The highest BCUT2D eigenvalue weighted by atomic mass is 79.9. The molecule has 0 bridgehead atoms. The van der Waals surface area contributed by atoms with Gasteiger partial charge in [0, 0.05) is 18.0 Å². The Morgan fingerprint density at radius 3 is 2.47 bits per heavy atom. The van der Waals surface area contributed by atoms with E-state index in [4.69, 9.17) is 11.6 Å². The molecule has 1 aromatic rings. The van der Waals surface area contributed by atoms with Crippen LogP contribution in [0.5, 0.6) is 0 Å². The van der Waals surface area contributed by atoms with Gasteiger partial charge in [-0.25, -0.2) is 0 Å². The first kappa shape index (κ1) is 12.6. The summed E-state index contributed by atoms with van der Waals surface area (Å²) in [6, 6.07) is 7.41. The summed E-state index contributed by atoms with van der Waals surface area (Å²) in [4.78, 5) is 24.1. The molecular weight excluding hydrogens is 305 g/mol. The average Bonchev–Trinajstić information content (AvgIpc) is 2.54. The molecule has 1 saturated heterocycles. The number of hydrogen-bond donors (Lipinski definition) is 0. The second-order valence-electron chi connectivity index (χ2n) is 3.93. The lowest BCUT2D eigenvalue weighted by molar-refractivity contribution is -0.138. The van der Waals surface area contributed by atoms with Gasteiger partial charge >= 0.3 is 0 Å². The first-order chi connectivity index (χ1) is 8.08. The number of amides is 2. The van der Waals surface area contributed by atoms with Crippen molar-refractivity contribution in [2.45, 2.75) is 17.7 Å². The van der Waals surface area contributed by atoms with Crippen LogP contribution >= 0.6 is 27.5 Å². The standard InChI is InChI=1S/C12H11BrClNO2/c13-10-7-11(16)15(12(10)17)6-5-8-1-3-9(14)4-2-8/h1-4,10H,5-7H2. The number of likely N-dealkylation sites (tertiary alicyclic amines) is 1. The summed E-state index contributed by atoms with van der Waals surface area (Å²) >= 11 is 8.97. The first-order valence-electron chi connectivity index (χ1n) is 5.30. The topological polar surface area (TPSA) is 37.4 Å². The fourth-order valence-corrected chi connectivity index (χ4v) is 2.42. The zero-order chi connectivity index (χ0) is 12.4. The quantitative estimate of drug-likeness (QED) is 0.634. The molecule has 0 spiro atoms. The minimum absolute atomic E-state index is 0.106. The van der Waals surface area contributed by atoms with Crippen molar-refractivity contribution in [3.8, 4) is 0 Å². The molecule has 1 aliphatic heterocycles. The number of benzene rings is 1. The zero-order valence-corrected chi connectivity index (χ0v) is 11.4. The summed E-state index contributed by atoms with van der Waals surface area (Å²) in [6.07, 6.45) is 0.924. The van der Waals surface area contributed by atoms with Gasteiger partial charge in [0.15, 0.2) is 0 Å². The van der Waals surface area contributed by atoms with Crippen LogP contribution in [0.2, 0.25) is 5.02 Å². The van der Waals surface area contributed by atoms with E-state index in [-0.39, 0.29) is 23.1 Å². The van der Waals surface area contributed by atoms with E-state index in [0.717, 1.165) is 5.56 Å². The number of hydrogen-bond acceptors (Lipinski definition) is 2. The van der Waals surface area contributed by atoms with E-state index in [9.17, 15) is 9.59 Å². The van der Waals surface area contributed by atoms with Gasteiger partial charge in [0.25, 0.3) is 0 Å². The van der Waals surface area contributed by atoms with Crippen LogP contribution in [0.15, 0.2) is 24.3 Å². The second-order valence-corrected chi connectivity index (χ2v) is 5.47. The van der Waals surface area contributed by atoms with Crippen LogP contribution in [0.3, 0.4) is 0 Å². The maximum atomic E-state index is 11.6. The van der Waals surface area contributed by atoms with Crippen LogP contribution in [-0.4, -0.2) is 28.1 Å². The van der Waals surface area contributed by atoms with Crippen molar-refractivity contribution in [3.05, 3.63) is 34.9 Å². The van der Waals surface area contributed by atoms with Crippen molar-refractivity contribution in [2.24, 2.45) is 0 Å². The Labute approximate surface area is 113 Å². The van der Waals surface area contributed by atoms with Crippen LogP contribution in [0.1, 0.15) is 12.0 Å². The molecule has 0 saturated carbocycles. The predicted octanol–water partition coefficient (Wildman–Crippen LogP) is 2.40. The average molecular weight is 317 g/mol. The van der Waals surface area contributed by atoms with Crippen molar-refractivity contribution in [3.63, 3.8) is 0 Å². The number of nitrogens with zero attached hydrogens (tertiary/aromatic N) is 1. The second kappa shape index (κ2) is 5.19. The van der Waals surface area contributed by atoms with Gasteiger partial charge in [-0.2, -0.15) is 0 Å². The Hall–Kier alpha value is -0.870. The van der Waals surface area contributed by atoms with Gasteiger partial charge in [0.2, 0.25) is 11.8 Å². The van der Waals surface area contributed by atoms with Gasteiger partial charge in [-0.1, -0.05) is 39.7 Å². The van der Waals surface area contributed by atoms with E-state index >= 15 is 0 Å². The van der Waals surface area contributed by atoms with Gasteiger partial charge in [-0.05, 0) is 24.1 Å². The van der Waals surface area contributed by atoms with Gasteiger partial charge in [0.1, 0.15) is 4.83 Å². The summed E-state index contributed by atoms with van der Waals surface area (Å²) < 4.78 is 0. The molecule has 1 aromatic carbocycles. The third-order valence-electron chi connectivity index (χ3n) is 2.73. The summed E-state index contributed by atoms with van der Waals surface area (Å²) in [5.74, 6) is -0.241. The molecule has 1 fully saturated rings. The first-order valence-corrected chi connectivity index (χ1v) is 6.60.